The van der Waals surface area contributed by atoms with Crippen molar-refractivity contribution in [3.63, 3.8) is 0 Å². The number of amidine groups is 1. The number of carbonyl (C=O) groups is 4. The lowest BCUT2D eigenvalue weighted by Gasteiger charge is -2.22. The number of amides is 3. The van der Waals surface area contributed by atoms with Crippen LogP contribution in [0, 0.1) is 5.41 Å². The zero-order valence-corrected chi connectivity index (χ0v) is 26.7. The van der Waals surface area contributed by atoms with Crippen LogP contribution in [0.5, 0.6) is 0 Å². The molecular formula is C33H37N7O7S. The Morgan fingerprint density at radius 2 is 1.65 bits per heavy atom. The molecule has 3 amide bonds. The van der Waals surface area contributed by atoms with Crippen molar-refractivity contribution in [3.05, 3.63) is 107 Å². The minimum atomic E-state index is -4.09. The number of fused-ring (bicyclic) bond motifs is 1. The van der Waals surface area contributed by atoms with E-state index in [-0.39, 0.29) is 49.2 Å². The molecule has 0 aliphatic rings. The number of benzene rings is 3. The van der Waals surface area contributed by atoms with Crippen LogP contribution in [0.15, 0.2) is 79.0 Å². The lowest BCUT2D eigenvalue weighted by Crippen LogP contribution is -2.49. The van der Waals surface area contributed by atoms with Gasteiger partial charge in [0.2, 0.25) is 27.7 Å². The van der Waals surface area contributed by atoms with E-state index in [0.29, 0.717) is 11.1 Å². The topological polar surface area (TPSA) is 250 Å². The molecule has 2 unspecified atom stereocenters. The van der Waals surface area contributed by atoms with E-state index in [1.807, 2.05) is 24.3 Å². The van der Waals surface area contributed by atoms with E-state index >= 15 is 0 Å². The van der Waals surface area contributed by atoms with Gasteiger partial charge >= 0.3 is 5.97 Å². The maximum absolute atomic E-state index is 13.4. The zero-order chi connectivity index (χ0) is 34.8. The van der Waals surface area contributed by atoms with Crippen molar-refractivity contribution < 1.29 is 32.7 Å². The standard InChI is InChI=1S/C33H37N7O7S/c34-29(41)13-12-28(32(43)38-17-20-8-10-22(11-9-20)31(35)36)39-30(42)16-25(15-24-18-37-27-7-2-1-6-26(24)27)40-48(46,47)19-21-4-3-5-23(14-21)33(44)45/h1-11,14,18,25,28,37,40H,12-13,15-17,19H2,(H2,34,41)(H3,35,36)(H,38,43)(H,39,42)(H,44,45). The number of aromatic carboxylic acids is 1. The van der Waals surface area contributed by atoms with Crippen LogP contribution in [0.1, 0.15) is 51.9 Å². The Kier molecular flexibility index (Phi) is 11.7. The summed E-state index contributed by atoms with van der Waals surface area (Å²) >= 11 is 0. The first kappa shape index (κ1) is 35.3. The molecule has 0 aliphatic heterocycles. The largest absolute Gasteiger partial charge is 0.478 e. The van der Waals surface area contributed by atoms with Gasteiger partial charge in [0.1, 0.15) is 11.9 Å². The zero-order valence-electron chi connectivity index (χ0n) is 25.9. The Morgan fingerprint density at radius 3 is 2.33 bits per heavy atom. The summed E-state index contributed by atoms with van der Waals surface area (Å²) in [5, 5.41) is 23.0. The van der Waals surface area contributed by atoms with Gasteiger partial charge in [-0.2, -0.15) is 0 Å². The predicted molar refractivity (Wildman–Crippen MR) is 179 cm³/mol. The van der Waals surface area contributed by atoms with Crippen molar-refractivity contribution in [3.8, 4) is 0 Å². The number of nitrogens with one attached hydrogen (secondary N) is 5. The fourth-order valence-electron chi connectivity index (χ4n) is 5.18. The number of H-pyrrole nitrogens is 1. The molecule has 10 N–H and O–H groups in total. The van der Waals surface area contributed by atoms with Crippen LogP contribution < -0.4 is 26.8 Å². The van der Waals surface area contributed by atoms with Crippen LogP contribution in [0.2, 0.25) is 0 Å². The molecule has 1 aromatic heterocycles. The number of hydrogen-bond acceptors (Lipinski definition) is 7. The third-order valence-corrected chi connectivity index (χ3v) is 8.92. The van der Waals surface area contributed by atoms with Crippen molar-refractivity contribution >= 4 is 50.5 Å². The van der Waals surface area contributed by atoms with E-state index in [0.717, 1.165) is 16.5 Å². The highest BCUT2D eigenvalue weighted by Crippen LogP contribution is 2.21. The number of primary amides is 1. The smallest absolute Gasteiger partial charge is 0.335 e. The average molecular weight is 676 g/mol. The molecular weight excluding hydrogens is 638 g/mol. The van der Waals surface area contributed by atoms with Gasteiger partial charge in [-0.3, -0.25) is 19.8 Å². The van der Waals surface area contributed by atoms with E-state index < -0.39 is 51.6 Å². The second-order valence-electron chi connectivity index (χ2n) is 11.3. The summed E-state index contributed by atoms with van der Waals surface area (Å²) in [5.74, 6) is -3.72. The number of aromatic nitrogens is 1. The molecule has 0 bridgehead atoms. The lowest BCUT2D eigenvalue weighted by molar-refractivity contribution is -0.130. The number of nitrogen functional groups attached to an aromatic ring is 1. The van der Waals surface area contributed by atoms with Crippen LogP contribution in [0.3, 0.4) is 0 Å². The molecule has 14 nitrogen and oxygen atoms in total. The molecule has 15 heteroatoms. The lowest BCUT2D eigenvalue weighted by atomic mass is 10.0. The Labute approximate surface area is 276 Å². The summed E-state index contributed by atoms with van der Waals surface area (Å²) in [6, 6.07) is 17.5. The summed E-state index contributed by atoms with van der Waals surface area (Å²) in [6.45, 7) is 0.0893. The van der Waals surface area contributed by atoms with E-state index in [9.17, 15) is 32.7 Å². The monoisotopic (exact) mass is 675 g/mol. The van der Waals surface area contributed by atoms with Gasteiger partial charge in [0.05, 0.1) is 11.3 Å². The molecule has 0 saturated carbocycles. The second-order valence-corrected chi connectivity index (χ2v) is 13.1. The third-order valence-electron chi connectivity index (χ3n) is 7.51. The molecule has 0 aliphatic carbocycles. The Balaban J connectivity index is 1.50. The molecule has 0 saturated heterocycles. The average Bonchev–Trinajstić information content (AvgIpc) is 3.44. The highest BCUT2D eigenvalue weighted by Gasteiger charge is 2.26. The minimum absolute atomic E-state index is 0.0641. The van der Waals surface area contributed by atoms with Crippen molar-refractivity contribution in [2.24, 2.45) is 11.5 Å². The highest BCUT2D eigenvalue weighted by molar-refractivity contribution is 7.88. The number of sulfonamides is 1. The first-order chi connectivity index (χ1) is 22.8. The number of carbonyl (C=O) groups excluding carboxylic acids is 3. The second kappa shape index (κ2) is 15.8. The van der Waals surface area contributed by atoms with Gasteiger partial charge in [0, 0.05) is 48.1 Å². The molecule has 48 heavy (non-hydrogen) atoms. The van der Waals surface area contributed by atoms with Gasteiger partial charge < -0.3 is 32.2 Å². The van der Waals surface area contributed by atoms with Gasteiger partial charge in [-0.15, -0.1) is 0 Å². The van der Waals surface area contributed by atoms with E-state index in [2.05, 4.69) is 20.3 Å². The van der Waals surface area contributed by atoms with Crippen molar-refractivity contribution in [2.75, 3.05) is 0 Å². The van der Waals surface area contributed by atoms with Crippen LogP contribution in [0.25, 0.3) is 10.9 Å². The van der Waals surface area contributed by atoms with E-state index in [4.69, 9.17) is 16.9 Å². The van der Waals surface area contributed by atoms with Gasteiger partial charge in [-0.25, -0.2) is 17.9 Å². The number of hydrogen-bond donors (Lipinski definition) is 8. The summed E-state index contributed by atoms with van der Waals surface area (Å²) < 4.78 is 29.2. The molecule has 0 radical (unpaired) electrons. The first-order valence-electron chi connectivity index (χ1n) is 15.0. The van der Waals surface area contributed by atoms with Gasteiger partial charge in [0.15, 0.2) is 0 Å². The summed E-state index contributed by atoms with van der Waals surface area (Å²) in [4.78, 5) is 52.6. The molecule has 0 spiro atoms. The third kappa shape index (κ3) is 10.2. The number of carboxylic acid groups (broad SMARTS) is 1. The molecule has 4 aromatic rings. The van der Waals surface area contributed by atoms with Crippen LogP contribution >= 0.6 is 0 Å². The van der Waals surface area contributed by atoms with E-state index in [1.165, 1.54) is 24.3 Å². The molecule has 2 atom stereocenters. The number of para-hydroxylation sites is 1. The normalized spacial score (nSPS) is 12.6. The molecule has 3 aromatic carbocycles. The summed E-state index contributed by atoms with van der Waals surface area (Å²) in [5.41, 5.74) is 13.8. The molecule has 0 fully saturated rings. The fraction of sp³-hybridized carbons (Fsp3) is 0.242. The molecule has 252 valence electrons. The van der Waals surface area contributed by atoms with Gasteiger partial charge in [0.25, 0.3) is 0 Å². The van der Waals surface area contributed by atoms with E-state index in [1.54, 1.807) is 30.5 Å². The van der Waals surface area contributed by atoms with Gasteiger partial charge in [-0.1, -0.05) is 54.6 Å². The number of rotatable bonds is 17. The first-order valence-corrected chi connectivity index (χ1v) is 16.6. The number of aromatic amines is 1. The predicted octanol–water partition coefficient (Wildman–Crippen LogP) is 1.64. The van der Waals surface area contributed by atoms with Crippen LogP contribution in [0.4, 0.5) is 0 Å². The minimum Gasteiger partial charge on any atom is -0.478 e. The SMILES string of the molecule is N=C(N)c1ccc(CNC(=O)C(CCC(N)=O)NC(=O)CC(Cc2c[nH]c3ccccc23)NS(=O)(=O)Cc2cccc(C(=O)O)c2)cc1. The maximum Gasteiger partial charge on any atom is 0.335 e. The van der Waals surface area contributed by atoms with Crippen LogP contribution in [-0.2, 0) is 43.1 Å². The Bertz CT molecular complexity index is 1920. The Hall–Kier alpha value is -5.54. The quantitative estimate of drug-likeness (QED) is 0.0602. The number of nitrogens with two attached hydrogens (primary N) is 2. The van der Waals surface area contributed by atoms with Crippen molar-refractivity contribution in [1.82, 2.24) is 20.3 Å². The summed E-state index contributed by atoms with van der Waals surface area (Å²) in [6.07, 6.45) is 1.20. The van der Waals surface area contributed by atoms with Crippen LogP contribution in [-0.4, -0.2) is 60.1 Å². The van der Waals surface area contributed by atoms with Gasteiger partial charge in [-0.05, 0) is 47.7 Å². The fourth-order valence-corrected chi connectivity index (χ4v) is 6.55. The van der Waals surface area contributed by atoms with Crippen molar-refractivity contribution in [2.45, 2.75) is 50.1 Å². The molecule has 4 rings (SSSR count). The molecule has 1 heterocycles. The highest BCUT2D eigenvalue weighted by atomic mass is 32.2. The number of carboxylic acids is 1. The maximum atomic E-state index is 13.4. The summed E-state index contributed by atoms with van der Waals surface area (Å²) in [7, 11) is -4.09. The van der Waals surface area contributed by atoms with Crippen molar-refractivity contribution in [1.29, 1.82) is 5.41 Å². The Morgan fingerprint density at radius 1 is 0.917 bits per heavy atom.